The largest absolute Gasteiger partial charge is 0.376 e. The summed E-state index contributed by atoms with van der Waals surface area (Å²) in [4.78, 5) is 12.2. The highest BCUT2D eigenvalue weighted by Gasteiger charge is 2.04. The lowest BCUT2D eigenvalue weighted by molar-refractivity contribution is -0.119. The van der Waals surface area contributed by atoms with Crippen molar-refractivity contribution in [3.05, 3.63) is 108 Å². The van der Waals surface area contributed by atoms with Gasteiger partial charge >= 0.3 is 0 Å². The topological polar surface area (TPSA) is 53.5 Å². The van der Waals surface area contributed by atoms with Crippen molar-refractivity contribution >= 4 is 23.4 Å². The predicted octanol–water partition coefficient (Wildman–Crippen LogP) is 4.64. The maximum Gasteiger partial charge on any atom is 0.259 e. The standard InChI is InChI=1S/C24H23N3O/c1-19-10-8-9-15-22(19)25-18-24(28)27-26-23(21-13-6-3-7-14-21)17-16-20-11-4-2-5-12-20/h2-17,25H,18H2,1H3,(H,27,28)/b17-16+,26-23-. The van der Waals surface area contributed by atoms with Crippen molar-refractivity contribution in [2.45, 2.75) is 6.92 Å². The molecule has 0 saturated carbocycles. The van der Waals surface area contributed by atoms with E-state index in [0.717, 1.165) is 22.4 Å². The van der Waals surface area contributed by atoms with Crippen molar-refractivity contribution in [3.8, 4) is 0 Å². The molecule has 0 spiro atoms. The van der Waals surface area contributed by atoms with E-state index in [-0.39, 0.29) is 12.5 Å². The van der Waals surface area contributed by atoms with Gasteiger partial charge in [0.05, 0.1) is 12.3 Å². The van der Waals surface area contributed by atoms with Crippen LogP contribution in [-0.4, -0.2) is 18.2 Å². The summed E-state index contributed by atoms with van der Waals surface area (Å²) in [5.41, 5.74) is 7.36. The molecule has 4 nitrogen and oxygen atoms in total. The van der Waals surface area contributed by atoms with Crippen LogP contribution in [0.1, 0.15) is 16.7 Å². The number of benzene rings is 3. The molecule has 0 aliphatic carbocycles. The lowest BCUT2D eigenvalue weighted by Gasteiger charge is -2.08. The van der Waals surface area contributed by atoms with Gasteiger partial charge in [-0.1, -0.05) is 84.9 Å². The van der Waals surface area contributed by atoms with Crippen molar-refractivity contribution in [2.75, 3.05) is 11.9 Å². The van der Waals surface area contributed by atoms with Crippen molar-refractivity contribution in [1.29, 1.82) is 0 Å². The van der Waals surface area contributed by atoms with Crippen molar-refractivity contribution in [2.24, 2.45) is 5.10 Å². The van der Waals surface area contributed by atoms with Gasteiger partial charge in [0.1, 0.15) is 0 Å². The van der Waals surface area contributed by atoms with Gasteiger partial charge in [0, 0.05) is 11.3 Å². The third kappa shape index (κ3) is 5.68. The van der Waals surface area contributed by atoms with Crippen molar-refractivity contribution < 1.29 is 4.79 Å². The molecular weight excluding hydrogens is 346 g/mol. The highest BCUT2D eigenvalue weighted by molar-refractivity contribution is 6.11. The van der Waals surface area contributed by atoms with Crippen LogP contribution in [0.4, 0.5) is 5.69 Å². The molecule has 0 fully saturated rings. The Hall–Kier alpha value is -3.66. The number of carbonyl (C=O) groups excluding carboxylic acids is 1. The molecule has 0 saturated heterocycles. The number of hydrogen-bond donors (Lipinski definition) is 2. The number of hydrazone groups is 1. The predicted molar refractivity (Wildman–Crippen MR) is 116 cm³/mol. The molecule has 4 heteroatoms. The van der Waals surface area contributed by atoms with Crippen LogP contribution >= 0.6 is 0 Å². The van der Waals surface area contributed by atoms with Gasteiger partial charge < -0.3 is 5.32 Å². The smallest absolute Gasteiger partial charge is 0.259 e. The molecule has 0 aliphatic rings. The fraction of sp³-hybridized carbons (Fsp3) is 0.0833. The molecule has 3 aromatic rings. The summed E-state index contributed by atoms with van der Waals surface area (Å²) in [7, 11) is 0. The Morgan fingerprint density at radius 3 is 2.25 bits per heavy atom. The van der Waals surface area contributed by atoms with E-state index in [0.29, 0.717) is 5.71 Å². The third-order valence-corrected chi connectivity index (χ3v) is 4.19. The van der Waals surface area contributed by atoms with Crippen LogP contribution in [0.2, 0.25) is 0 Å². The molecule has 2 N–H and O–H groups in total. The number of carbonyl (C=O) groups is 1. The Morgan fingerprint density at radius 1 is 0.893 bits per heavy atom. The van der Waals surface area contributed by atoms with Gasteiger partial charge in [-0.15, -0.1) is 0 Å². The van der Waals surface area contributed by atoms with Crippen LogP contribution < -0.4 is 10.7 Å². The summed E-state index contributed by atoms with van der Waals surface area (Å²) in [6.45, 7) is 2.15. The summed E-state index contributed by atoms with van der Waals surface area (Å²) < 4.78 is 0. The maximum absolute atomic E-state index is 12.2. The van der Waals surface area contributed by atoms with Crippen LogP contribution in [0.25, 0.3) is 6.08 Å². The molecular formula is C24H23N3O. The van der Waals surface area contributed by atoms with Gasteiger partial charge in [-0.3, -0.25) is 4.79 Å². The highest BCUT2D eigenvalue weighted by atomic mass is 16.2. The molecule has 3 aromatic carbocycles. The second kappa shape index (κ2) is 9.88. The van der Waals surface area contributed by atoms with E-state index in [2.05, 4.69) is 15.8 Å². The van der Waals surface area contributed by atoms with E-state index < -0.39 is 0 Å². The summed E-state index contributed by atoms with van der Waals surface area (Å²) in [5.74, 6) is -0.204. The monoisotopic (exact) mass is 369 g/mol. The SMILES string of the molecule is Cc1ccccc1NCC(=O)N/N=C(/C=C/c1ccccc1)c1ccccc1. The Labute approximate surface area is 165 Å². The molecule has 28 heavy (non-hydrogen) atoms. The highest BCUT2D eigenvalue weighted by Crippen LogP contribution is 2.12. The van der Waals surface area contributed by atoms with Gasteiger partial charge in [0.25, 0.3) is 5.91 Å². The number of aryl methyl sites for hydroxylation is 1. The minimum Gasteiger partial charge on any atom is -0.376 e. The first kappa shape index (κ1) is 19.1. The summed E-state index contributed by atoms with van der Waals surface area (Å²) in [6.07, 6.45) is 3.88. The fourth-order valence-corrected chi connectivity index (χ4v) is 2.66. The number of anilines is 1. The van der Waals surface area contributed by atoms with Crippen LogP contribution in [-0.2, 0) is 4.79 Å². The lowest BCUT2D eigenvalue weighted by Crippen LogP contribution is -2.27. The van der Waals surface area contributed by atoms with Crippen LogP contribution in [0.15, 0.2) is 96.1 Å². The number of hydrogen-bond acceptors (Lipinski definition) is 3. The van der Waals surface area contributed by atoms with E-state index in [9.17, 15) is 4.79 Å². The Bertz CT molecular complexity index is 963. The second-order valence-electron chi connectivity index (χ2n) is 6.31. The molecule has 0 unspecified atom stereocenters. The minimum atomic E-state index is -0.204. The zero-order chi connectivity index (χ0) is 19.6. The molecule has 1 amide bonds. The van der Waals surface area contributed by atoms with Crippen LogP contribution in [0.5, 0.6) is 0 Å². The van der Waals surface area contributed by atoms with Crippen molar-refractivity contribution in [1.82, 2.24) is 5.43 Å². The van der Waals surface area contributed by atoms with Gasteiger partial charge in [-0.2, -0.15) is 5.10 Å². The molecule has 3 rings (SSSR count). The molecule has 0 radical (unpaired) electrons. The van der Waals surface area contributed by atoms with Gasteiger partial charge in [0.15, 0.2) is 0 Å². The fourth-order valence-electron chi connectivity index (χ4n) is 2.66. The van der Waals surface area contributed by atoms with E-state index in [1.165, 1.54) is 0 Å². The molecule has 0 heterocycles. The lowest BCUT2D eigenvalue weighted by atomic mass is 10.1. The first-order valence-corrected chi connectivity index (χ1v) is 9.17. The van der Waals surface area contributed by atoms with E-state index >= 15 is 0 Å². The second-order valence-corrected chi connectivity index (χ2v) is 6.31. The normalized spacial score (nSPS) is 11.4. The zero-order valence-corrected chi connectivity index (χ0v) is 15.8. The molecule has 0 bridgehead atoms. The van der Waals surface area contributed by atoms with Gasteiger partial charge in [0.2, 0.25) is 0 Å². The van der Waals surface area contributed by atoms with Gasteiger partial charge in [-0.25, -0.2) is 5.43 Å². The molecule has 0 aromatic heterocycles. The maximum atomic E-state index is 12.2. The van der Waals surface area contributed by atoms with Crippen molar-refractivity contribution in [3.63, 3.8) is 0 Å². The average Bonchev–Trinajstić information content (AvgIpc) is 2.74. The Morgan fingerprint density at radius 2 is 1.54 bits per heavy atom. The third-order valence-electron chi connectivity index (χ3n) is 4.19. The molecule has 0 aliphatic heterocycles. The van der Waals surface area contributed by atoms with E-state index in [4.69, 9.17) is 0 Å². The quantitative estimate of drug-likeness (QED) is 0.471. The number of nitrogens with one attached hydrogen (secondary N) is 2. The molecule has 0 atom stereocenters. The minimum absolute atomic E-state index is 0.152. The first-order chi connectivity index (χ1) is 13.7. The number of allylic oxidation sites excluding steroid dienone is 1. The Kier molecular flexibility index (Phi) is 6.74. The molecule has 140 valence electrons. The van der Waals surface area contributed by atoms with Crippen LogP contribution in [0, 0.1) is 6.92 Å². The summed E-state index contributed by atoms with van der Waals surface area (Å²) in [6, 6.07) is 27.6. The summed E-state index contributed by atoms with van der Waals surface area (Å²) >= 11 is 0. The first-order valence-electron chi connectivity index (χ1n) is 9.17. The van der Waals surface area contributed by atoms with E-state index in [1.807, 2.05) is 104 Å². The zero-order valence-electron chi connectivity index (χ0n) is 15.8. The van der Waals surface area contributed by atoms with E-state index in [1.54, 1.807) is 0 Å². The Balaban J connectivity index is 1.69. The summed E-state index contributed by atoms with van der Waals surface area (Å²) in [5, 5.41) is 7.47. The van der Waals surface area contributed by atoms with Gasteiger partial charge in [-0.05, 0) is 30.2 Å². The number of amides is 1. The number of para-hydroxylation sites is 1. The van der Waals surface area contributed by atoms with Crippen LogP contribution in [0.3, 0.4) is 0 Å². The number of rotatable bonds is 7. The number of nitrogens with zero attached hydrogens (tertiary/aromatic N) is 1. The average molecular weight is 369 g/mol.